The molecule has 8 atom stereocenters. The van der Waals surface area contributed by atoms with Crippen LogP contribution >= 0.6 is 21.6 Å². The van der Waals surface area contributed by atoms with Crippen molar-refractivity contribution in [1.82, 2.24) is 0 Å². The van der Waals surface area contributed by atoms with Crippen LogP contribution in [0.5, 0.6) is 0 Å². The van der Waals surface area contributed by atoms with E-state index < -0.39 is 30.1 Å². The molecular formula is C22H34O9S2. The predicted molar refractivity (Wildman–Crippen MR) is 121 cm³/mol. The Morgan fingerprint density at radius 1 is 1.00 bits per heavy atom. The highest BCUT2D eigenvalue weighted by Crippen LogP contribution is 2.60. The van der Waals surface area contributed by atoms with Crippen LogP contribution in [0, 0.1) is 23.7 Å². The van der Waals surface area contributed by atoms with E-state index in [-0.39, 0.29) is 30.3 Å². The van der Waals surface area contributed by atoms with Gasteiger partial charge >= 0.3 is 12.1 Å². The lowest BCUT2D eigenvalue weighted by atomic mass is 9.58. The largest absolute Gasteiger partial charge is 0.510 e. The van der Waals surface area contributed by atoms with Crippen molar-refractivity contribution in [2.75, 3.05) is 24.7 Å². The summed E-state index contributed by atoms with van der Waals surface area (Å²) in [5.41, 5.74) is -0.684. The number of carbonyl (C=O) groups excluding carboxylic acids is 2. The SMILES string of the molecule is CC(=O)OCCSSCCOC(=O)OC1O[C@@H]2O[C@]3(C)CC[C@H]4[C@H](C)CC[C@@H]([C@H]1C)C24OO3. The number of hydrogen-bond donors (Lipinski definition) is 0. The highest BCUT2D eigenvalue weighted by molar-refractivity contribution is 8.76. The zero-order chi connectivity index (χ0) is 23.6. The minimum atomic E-state index is -0.868. The van der Waals surface area contributed by atoms with Crippen molar-refractivity contribution < 1.29 is 43.0 Å². The highest BCUT2D eigenvalue weighted by atomic mass is 33.1. The Labute approximate surface area is 202 Å². The Kier molecular flexibility index (Phi) is 8.07. The number of rotatable bonds is 8. The molecular weight excluding hydrogens is 472 g/mol. The summed E-state index contributed by atoms with van der Waals surface area (Å²) in [5, 5.41) is 0. The van der Waals surface area contributed by atoms with Crippen molar-refractivity contribution in [1.29, 1.82) is 0 Å². The van der Waals surface area contributed by atoms with Gasteiger partial charge in [0.1, 0.15) is 13.2 Å². The molecule has 0 aromatic heterocycles. The third kappa shape index (κ3) is 5.28. The van der Waals surface area contributed by atoms with Crippen molar-refractivity contribution in [3.8, 4) is 0 Å². The first-order valence-electron chi connectivity index (χ1n) is 11.7. The Bertz CT molecular complexity index is 724. The first-order valence-corrected chi connectivity index (χ1v) is 14.2. The molecule has 2 bridgehead atoms. The van der Waals surface area contributed by atoms with Gasteiger partial charge in [-0.05, 0) is 38.0 Å². The number of fused-ring (bicyclic) bond motifs is 2. The van der Waals surface area contributed by atoms with Crippen molar-refractivity contribution in [2.24, 2.45) is 23.7 Å². The average Bonchev–Trinajstić information content (AvgIpc) is 2.99. The van der Waals surface area contributed by atoms with E-state index in [4.69, 9.17) is 33.5 Å². The zero-order valence-corrected chi connectivity index (χ0v) is 21.2. The molecule has 0 amide bonds. The van der Waals surface area contributed by atoms with Gasteiger partial charge in [-0.3, -0.25) is 4.79 Å². The molecule has 0 radical (unpaired) electrons. The first-order chi connectivity index (χ1) is 15.7. The summed E-state index contributed by atoms with van der Waals surface area (Å²) in [4.78, 5) is 35.0. The average molecular weight is 507 g/mol. The second-order valence-corrected chi connectivity index (χ2v) is 12.2. The zero-order valence-electron chi connectivity index (χ0n) is 19.6. The Morgan fingerprint density at radius 3 is 2.45 bits per heavy atom. The molecule has 1 spiro atoms. The van der Waals surface area contributed by atoms with Crippen LogP contribution in [0.15, 0.2) is 0 Å². The topological polar surface area (TPSA) is 98.8 Å². The molecule has 5 aliphatic rings. The Morgan fingerprint density at radius 2 is 1.73 bits per heavy atom. The maximum atomic E-state index is 12.3. The molecule has 1 saturated carbocycles. The van der Waals surface area contributed by atoms with Crippen LogP contribution in [0.4, 0.5) is 4.79 Å². The summed E-state index contributed by atoms with van der Waals surface area (Å²) >= 11 is 0. The second kappa shape index (κ2) is 10.5. The minimum Gasteiger partial charge on any atom is -0.465 e. The molecule has 5 rings (SSSR count). The van der Waals surface area contributed by atoms with Crippen LogP contribution in [0.25, 0.3) is 0 Å². The quantitative estimate of drug-likeness (QED) is 0.204. The third-order valence-corrected chi connectivity index (χ3v) is 9.58. The van der Waals surface area contributed by atoms with Crippen molar-refractivity contribution in [3.05, 3.63) is 0 Å². The summed E-state index contributed by atoms with van der Waals surface area (Å²) < 4.78 is 28.2. The van der Waals surface area contributed by atoms with E-state index >= 15 is 0 Å². The molecule has 4 aliphatic heterocycles. The molecule has 2 unspecified atom stereocenters. The van der Waals surface area contributed by atoms with Crippen LogP contribution in [0.3, 0.4) is 0 Å². The second-order valence-electron chi connectivity index (χ2n) is 9.47. The van der Waals surface area contributed by atoms with E-state index in [2.05, 4.69) is 6.92 Å². The fourth-order valence-electron chi connectivity index (χ4n) is 5.63. The third-order valence-electron chi connectivity index (χ3n) is 7.25. The van der Waals surface area contributed by atoms with E-state index in [0.29, 0.717) is 24.0 Å². The Hall–Kier alpha value is -0.720. The van der Waals surface area contributed by atoms with E-state index in [9.17, 15) is 9.59 Å². The van der Waals surface area contributed by atoms with Gasteiger partial charge in [0.05, 0.1) is 0 Å². The van der Waals surface area contributed by atoms with Gasteiger partial charge in [0.15, 0.2) is 11.9 Å². The van der Waals surface area contributed by atoms with Crippen LogP contribution < -0.4 is 0 Å². The Balaban J connectivity index is 1.29. The lowest BCUT2D eigenvalue weighted by Gasteiger charge is -2.59. The van der Waals surface area contributed by atoms with Gasteiger partial charge < -0.3 is 23.7 Å². The predicted octanol–water partition coefficient (Wildman–Crippen LogP) is 4.29. The van der Waals surface area contributed by atoms with Gasteiger partial charge in [0.25, 0.3) is 0 Å². The normalized spacial score (nSPS) is 41.6. The fraction of sp³-hybridized carbons (Fsp3) is 0.909. The number of esters is 1. The van der Waals surface area contributed by atoms with E-state index in [1.807, 2.05) is 13.8 Å². The summed E-state index contributed by atoms with van der Waals surface area (Å²) in [6.07, 6.45) is 1.51. The van der Waals surface area contributed by atoms with E-state index in [0.717, 1.165) is 25.7 Å². The lowest BCUT2D eigenvalue weighted by Crippen LogP contribution is -2.70. The van der Waals surface area contributed by atoms with Gasteiger partial charge in [0.2, 0.25) is 12.1 Å². The van der Waals surface area contributed by atoms with Gasteiger partial charge in [-0.25, -0.2) is 14.6 Å². The van der Waals surface area contributed by atoms with Gasteiger partial charge in [0, 0.05) is 36.7 Å². The standard InChI is InChI=1S/C22H34O9S2/c1-13-5-6-17-14(2)18(28-20(24)26-10-12-33-32-11-9-25-15(3)23)27-19-22(17)16(13)7-8-21(4,29-19)30-31-22/h13-14,16-19H,5-12H2,1-4H3/t13-,14-,16+,17+,18?,19-,21+,22?/m1/s1. The van der Waals surface area contributed by atoms with Crippen molar-refractivity contribution >= 4 is 33.7 Å². The smallest absolute Gasteiger partial charge is 0.465 e. The molecule has 4 heterocycles. The highest BCUT2D eigenvalue weighted by Gasteiger charge is 2.69. The molecule has 188 valence electrons. The van der Waals surface area contributed by atoms with E-state index in [1.165, 1.54) is 6.92 Å². The molecule has 11 heteroatoms. The summed E-state index contributed by atoms with van der Waals surface area (Å²) in [7, 11) is 3.09. The first kappa shape index (κ1) is 25.4. The minimum absolute atomic E-state index is 0.0853. The number of ether oxygens (including phenoxy) is 5. The summed E-state index contributed by atoms with van der Waals surface area (Å²) in [5.74, 6) is 0.846. The number of hydrogen-bond acceptors (Lipinski definition) is 11. The molecule has 0 aromatic rings. The molecule has 33 heavy (non-hydrogen) atoms. The molecule has 1 aliphatic carbocycles. The summed E-state index contributed by atoms with van der Waals surface area (Å²) in [6, 6.07) is 0. The van der Waals surface area contributed by atoms with Crippen LogP contribution in [0.2, 0.25) is 0 Å². The fourth-order valence-corrected chi connectivity index (χ4v) is 7.29. The molecule has 5 fully saturated rings. The van der Waals surface area contributed by atoms with Crippen molar-refractivity contribution in [3.63, 3.8) is 0 Å². The monoisotopic (exact) mass is 506 g/mol. The molecule has 9 nitrogen and oxygen atoms in total. The van der Waals surface area contributed by atoms with Gasteiger partial charge in [-0.2, -0.15) is 0 Å². The summed E-state index contributed by atoms with van der Waals surface area (Å²) in [6.45, 7) is 8.12. The lowest BCUT2D eigenvalue weighted by molar-refractivity contribution is -0.576. The van der Waals surface area contributed by atoms with Gasteiger partial charge in [-0.15, -0.1) is 0 Å². The van der Waals surface area contributed by atoms with Crippen LogP contribution in [-0.2, 0) is 38.3 Å². The maximum Gasteiger partial charge on any atom is 0.510 e. The number of carbonyl (C=O) groups is 2. The molecule has 0 N–H and O–H groups in total. The van der Waals surface area contributed by atoms with Gasteiger partial charge in [-0.1, -0.05) is 35.4 Å². The van der Waals surface area contributed by atoms with Crippen LogP contribution in [0.1, 0.15) is 53.4 Å². The van der Waals surface area contributed by atoms with Crippen LogP contribution in [-0.4, -0.2) is 60.8 Å². The van der Waals surface area contributed by atoms with E-state index in [1.54, 1.807) is 21.6 Å². The molecule has 4 saturated heterocycles. The van der Waals surface area contributed by atoms with Crippen molar-refractivity contribution in [2.45, 2.75) is 77.3 Å². The molecule has 0 aromatic carbocycles. The maximum absolute atomic E-state index is 12.3.